The summed E-state index contributed by atoms with van der Waals surface area (Å²) in [5.74, 6) is -1.30. The molecule has 1 N–H and O–H groups in total. The zero-order chi connectivity index (χ0) is 15.5. The smallest absolute Gasteiger partial charge is 0.305 e. The molecular weight excluding hydrogens is 260 g/mol. The minimum atomic E-state index is -0.962. The van der Waals surface area contributed by atoms with Gasteiger partial charge in [0.1, 0.15) is 0 Å². The summed E-state index contributed by atoms with van der Waals surface area (Å²) in [5.41, 5.74) is -0.524. The Labute approximate surface area is 117 Å². The third kappa shape index (κ3) is 3.94. The van der Waals surface area contributed by atoms with Gasteiger partial charge in [-0.1, -0.05) is 0 Å². The molecule has 0 fully saturated rings. The van der Waals surface area contributed by atoms with Crippen LogP contribution in [0.2, 0.25) is 0 Å². The summed E-state index contributed by atoms with van der Waals surface area (Å²) in [4.78, 5) is 36.2. The Morgan fingerprint density at radius 1 is 1.35 bits per heavy atom. The largest absolute Gasteiger partial charge is 0.481 e. The van der Waals surface area contributed by atoms with Crippen molar-refractivity contribution in [3.63, 3.8) is 0 Å². The number of aromatic nitrogens is 1. The number of carbonyl (C=O) groups is 2. The van der Waals surface area contributed by atoms with E-state index in [2.05, 4.69) is 0 Å². The van der Waals surface area contributed by atoms with Crippen LogP contribution in [0.4, 0.5) is 0 Å². The van der Waals surface area contributed by atoms with E-state index in [0.29, 0.717) is 0 Å². The highest BCUT2D eigenvalue weighted by Crippen LogP contribution is 2.17. The van der Waals surface area contributed by atoms with E-state index in [4.69, 9.17) is 5.11 Å². The second-order valence-corrected chi connectivity index (χ2v) is 5.64. The number of carboxylic acids is 1. The predicted octanol–water partition coefficient (Wildman–Crippen LogP) is 1.10. The van der Waals surface area contributed by atoms with E-state index in [1.807, 2.05) is 20.8 Å². The van der Waals surface area contributed by atoms with E-state index in [9.17, 15) is 14.4 Å². The SMILES string of the molecule is Cn1ccc(C(=O)N(CCC(=O)O)C(C)(C)C)cc1=O. The summed E-state index contributed by atoms with van der Waals surface area (Å²) < 4.78 is 1.37. The van der Waals surface area contributed by atoms with Crippen molar-refractivity contribution < 1.29 is 14.7 Å². The Morgan fingerprint density at radius 2 is 1.95 bits per heavy atom. The molecule has 0 saturated carbocycles. The third-order valence-electron chi connectivity index (χ3n) is 2.96. The van der Waals surface area contributed by atoms with Gasteiger partial charge in [0.2, 0.25) is 0 Å². The number of pyridine rings is 1. The van der Waals surface area contributed by atoms with Crippen molar-refractivity contribution in [1.82, 2.24) is 9.47 Å². The molecule has 110 valence electrons. The lowest BCUT2D eigenvalue weighted by molar-refractivity contribution is -0.137. The van der Waals surface area contributed by atoms with Gasteiger partial charge in [0.05, 0.1) is 6.42 Å². The maximum absolute atomic E-state index is 12.5. The van der Waals surface area contributed by atoms with E-state index in [-0.39, 0.29) is 30.0 Å². The lowest BCUT2D eigenvalue weighted by Crippen LogP contribution is -2.46. The van der Waals surface area contributed by atoms with Crippen molar-refractivity contribution >= 4 is 11.9 Å². The van der Waals surface area contributed by atoms with Gasteiger partial charge in [-0.2, -0.15) is 0 Å². The molecule has 1 aromatic rings. The molecule has 0 saturated heterocycles. The standard InChI is InChI=1S/C14H20N2O4/c1-14(2,3)16(8-6-12(18)19)13(20)10-5-7-15(4)11(17)9-10/h5,7,9H,6,8H2,1-4H3,(H,18,19). The normalized spacial score (nSPS) is 11.2. The van der Waals surface area contributed by atoms with Crippen molar-refractivity contribution in [2.24, 2.45) is 7.05 Å². The number of rotatable bonds is 4. The van der Waals surface area contributed by atoms with Gasteiger partial charge in [-0.25, -0.2) is 0 Å². The highest BCUT2D eigenvalue weighted by molar-refractivity contribution is 5.94. The van der Waals surface area contributed by atoms with E-state index in [1.54, 1.807) is 13.1 Å². The topological polar surface area (TPSA) is 79.6 Å². The van der Waals surface area contributed by atoms with Gasteiger partial charge in [0.15, 0.2) is 0 Å². The zero-order valence-electron chi connectivity index (χ0n) is 12.2. The average molecular weight is 280 g/mol. The Balaban J connectivity index is 3.06. The molecular formula is C14H20N2O4. The quantitative estimate of drug-likeness (QED) is 0.895. The monoisotopic (exact) mass is 280 g/mol. The van der Waals surface area contributed by atoms with Crippen molar-refractivity contribution in [2.45, 2.75) is 32.7 Å². The fourth-order valence-electron chi connectivity index (χ4n) is 1.79. The number of aryl methyl sites for hydroxylation is 1. The molecule has 0 aromatic carbocycles. The third-order valence-corrected chi connectivity index (χ3v) is 2.96. The molecule has 0 atom stereocenters. The molecule has 6 heteroatoms. The van der Waals surface area contributed by atoms with Gasteiger partial charge in [-0.15, -0.1) is 0 Å². The van der Waals surface area contributed by atoms with Crippen LogP contribution in [0.5, 0.6) is 0 Å². The van der Waals surface area contributed by atoms with Gasteiger partial charge in [-0.3, -0.25) is 14.4 Å². The highest BCUT2D eigenvalue weighted by atomic mass is 16.4. The number of amides is 1. The van der Waals surface area contributed by atoms with Gasteiger partial charge >= 0.3 is 5.97 Å². The van der Waals surface area contributed by atoms with Crippen LogP contribution in [-0.2, 0) is 11.8 Å². The summed E-state index contributed by atoms with van der Waals surface area (Å²) in [5, 5.41) is 8.77. The van der Waals surface area contributed by atoms with E-state index < -0.39 is 11.5 Å². The molecule has 0 radical (unpaired) electrons. The summed E-state index contributed by atoms with van der Waals surface area (Å²) >= 11 is 0. The number of carbonyl (C=O) groups excluding carboxylic acids is 1. The van der Waals surface area contributed by atoms with Gasteiger partial charge in [0.25, 0.3) is 11.5 Å². The second kappa shape index (κ2) is 5.90. The molecule has 0 spiro atoms. The number of hydrogen-bond donors (Lipinski definition) is 1. The predicted molar refractivity (Wildman–Crippen MR) is 74.7 cm³/mol. The summed E-state index contributed by atoms with van der Waals surface area (Å²) in [7, 11) is 1.60. The van der Waals surface area contributed by atoms with Crippen LogP contribution in [0.15, 0.2) is 23.1 Å². The molecule has 0 aliphatic heterocycles. The zero-order valence-corrected chi connectivity index (χ0v) is 12.2. The maximum Gasteiger partial charge on any atom is 0.305 e. The minimum Gasteiger partial charge on any atom is -0.481 e. The van der Waals surface area contributed by atoms with Gasteiger partial charge < -0.3 is 14.6 Å². The summed E-state index contributed by atoms with van der Waals surface area (Å²) in [6.07, 6.45) is 1.39. The first kappa shape index (κ1) is 15.9. The van der Waals surface area contributed by atoms with Gasteiger partial charge in [0, 0.05) is 37.0 Å². The van der Waals surface area contributed by atoms with Crippen LogP contribution in [0, 0.1) is 0 Å². The number of carboxylic acid groups (broad SMARTS) is 1. The van der Waals surface area contributed by atoms with E-state index >= 15 is 0 Å². The molecule has 0 aliphatic rings. The Hall–Kier alpha value is -2.11. The van der Waals surface area contributed by atoms with E-state index in [1.165, 1.54) is 21.7 Å². The molecule has 1 heterocycles. The van der Waals surface area contributed by atoms with Crippen LogP contribution >= 0.6 is 0 Å². The Morgan fingerprint density at radius 3 is 2.40 bits per heavy atom. The number of nitrogens with zero attached hydrogens (tertiary/aromatic N) is 2. The molecule has 1 amide bonds. The van der Waals surface area contributed by atoms with Crippen molar-refractivity contribution in [3.8, 4) is 0 Å². The second-order valence-electron chi connectivity index (χ2n) is 5.64. The molecule has 0 unspecified atom stereocenters. The summed E-state index contributed by atoms with van der Waals surface area (Å²) in [6, 6.07) is 2.82. The molecule has 20 heavy (non-hydrogen) atoms. The number of aliphatic carboxylic acids is 1. The van der Waals surface area contributed by atoms with Gasteiger partial charge in [-0.05, 0) is 26.8 Å². The first-order valence-corrected chi connectivity index (χ1v) is 6.33. The summed E-state index contributed by atoms with van der Waals surface area (Å²) in [6.45, 7) is 5.59. The van der Waals surface area contributed by atoms with Crippen LogP contribution in [0.3, 0.4) is 0 Å². The van der Waals surface area contributed by atoms with Crippen molar-refractivity contribution in [1.29, 1.82) is 0 Å². The van der Waals surface area contributed by atoms with Crippen LogP contribution in [0.25, 0.3) is 0 Å². The first-order chi connectivity index (χ1) is 9.12. The lowest BCUT2D eigenvalue weighted by atomic mass is 10.0. The van der Waals surface area contributed by atoms with Crippen molar-refractivity contribution in [2.75, 3.05) is 6.54 Å². The molecule has 0 bridgehead atoms. The molecule has 0 aliphatic carbocycles. The van der Waals surface area contributed by atoms with E-state index in [0.717, 1.165) is 0 Å². The molecule has 1 aromatic heterocycles. The fraction of sp³-hybridized carbons (Fsp3) is 0.500. The molecule has 6 nitrogen and oxygen atoms in total. The van der Waals surface area contributed by atoms with Crippen LogP contribution < -0.4 is 5.56 Å². The van der Waals surface area contributed by atoms with Crippen molar-refractivity contribution in [3.05, 3.63) is 34.2 Å². The Kier molecular flexibility index (Phi) is 4.70. The minimum absolute atomic E-state index is 0.104. The highest BCUT2D eigenvalue weighted by Gasteiger charge is 2.27. The number of hydrogen-bond acceptors (Lipinski definition) is 3. The Bertz CT molecular complexity index is 569. The fourth-order valence-corrected chi connectivity index (χ4v) is 1.79. The van der Waals surface area contributed by atoms with Crippen LogP contribution in [0.1, 0.15) is 37.6 Å². The molecule has 1 rings (SSSR count). The lowest BCUT2D eigenvalue weighted by Gasteiger charge is -2.35. The van der Waals surface area contributed by atoms with Crippen LogP contribution in [-0.4, -0.2) is 38.5 Å². The maximum atomic E-state index is 12.5. The average Bonchev–Trinajstić information content (AvgIpc) is 2.30. The first-order valence-electron chi connectivity index (χ1n) is 6.33.